The Bertz CT molecular complexity index is 1490. The molecule has 0 N–H and O–H groups in total. The molecular formula is C30H28N2O. The van der Waals surface area contributed by atoms with Gasteiger partial charge in [0.15, 0.2) is 0 Å². The molecule has 3 heteroatoms. The largest absolute Gasteiger partial charge is 0.437 e. The first kappa shape index (κ1) is 19.0. The van der Waals surface area contributed by atoms with Crippen molar-refractivity contribution in [2.75, 3.05) is 0 Å². The van der Waals surface area contributed by atoms with Crippen LogP contribution in [-0.2, 0) is 0 Å². The molecule has 5 aromatic rings. The second-order valence-corrected chi connectivity index (χ2v) is 9.20. The maximum Gasteiger partial charge on any atom is 0.227 e. The smallest absolute Gasteiger partial charge is 0.227 e. The molecule has 1 fully saturated rings. The minimum absolute atomic E-state index is 0.497. The van der Waals surface area contributed by atoms with E-state index in [4.69, 9.17) is 15.8 Å². The number of fused-ring (bicyclic) bond motifs is 3. The Morgan fingerprint density at radius 1 is 0.818 bits per heavy atom. The molecule has 2 aromatic carbocycles. The van der Waals surface area contributed by atoms with Gasteiger partial charge in [0.05, 0.1) is 11.4 Å². The molecule has 0 spiro atoms. The molecule has 3 heterocycles. The van der Waals surface area contributed by atoms with Crippen LogP contribution in [-0.4, -0.2) is 9.97 Å². The van der Waals surface area contributed by atoms with Crippen LogP contribution >= 0.6 is 0 Å². The van der Waals surface area contributed by atoms with Gasteiger partial charge in [0.25, 0.3) is 0 Å². The molecule has 33 heavy (non-hydrogen) atoms. The Morgan fingerprint density at radius 3 is 2.33 bits per heavy atom. The number of benzene rings is 2. The Hall–Kier alpha value is -3.46. The van der Waals surface area contributed by atoms with E-state index in [1.807, 2.05) is 12.3 Å². The first-order valence-electron chi connectivity index (χ1n) is 12.4. The highest BCUT2D eigenvalue weighted by atomic mass is 16.3. The van der Waals surface area contributed by atoms with Crippen LogP contribution in [0.4, 0.5) is 0 Å². The number of aryl methyl sites for hydroxylation is 2. The van der Waals surface area contributed by atoms with E-state index in [1.165, 1.54) is 17.5 Å². The zero-order chi connectivity index (χ0) is 23.3. The van der Waals surface area contributed by atoms with Crippen molar-refractivity contribution in [1.82, 2.24) is 9.97 Å². The Labute approximate surface area is 195 Å². The molecule has 1 aliphatic rings. The summed E-state index contributed by atoms with van der Waals surface area (Å²) in [5.41, 5.74) is 8.80. The van der Waals surface area contributed by atoms with Crippen LogP contribution in [0.15, 0.2) is 71.3 Å². The van der Waals surface area contributed by atoms with Gasteiger partial charge in [-0.2, -0.15) is 0 Å². The van der Waals surface area contributed by atoms with E-state index in [0.29, 0.717) is 5.71 Å². The molecule has 0 radical (unpaired) electrons. The number of hydrogen-bond donors (Lipinski definition) is 0. The van der Waals surface area contributed by atoms with Gasteiger partial charge in [-0.25, -0.2) is 4.98 Å². The molecule has 0 bridgehead atoms. The third-order valence-corrected chi connectivity index (χ3v) is 7.01. The lowest BCUT2D eigenvalue weighted by Crippen LogP contribution is -2.04. The van der Waals surface area contributed by atoms with Gasteiger partial charge in [-0.05, 0) is 73.5 Å². The lowest BCUT2D eigenvalue weighted by Gasteiger charge is -2.21. The SMILES string of the molecule is [2H]C1(c2ccc(-c3cccc4c3oc3nc(-c5c(C)cccc5C)ccc34)nc2)CCCCC1. The van der Waals surface area contributed by atoms with Crippen LogP contribution in [0.5, 0.6) is 0 Å². The highest BCUT2D eigenvalue weighted by Gasteiger charge is 2.18. The number of rotatable bonds is 3. The molecule has 0 unspecified atom stereocenters. The summed E-state index contributed by atoms with van der Waals surface area (Å²) in [6, 6.07) is 20.8. The minimum Gasteiger partial charge on any atom is -0.437 e. The lowest BCUT2D eigenvalue weighted by molar-refractivity contribution is 0.443. The van der Waals surface area contributed by atoms with E-state index in [-0.39, 0.29) is 0 Å². The fourth-order valence-electron chi connectivity index (χ4n) is 5.27. The van der Waals surface area contributed by atoms with Crippen LogP contribution in [0.3, 0.4) is 0 Å². The van der Waals surface area contributed by atoms with Crippen molar-refractivity contribution in [3.63, 3.8) is 0 Å². The summed E-state index contributed by atoms with van der Waals surface area (Å²) < 4.78 is 15.3. The van der Waals surface area contributed by atoms with Crippen molar-refractivity contribution in [3.05, 3.63) is 83.6 Å². The molecule has 0 amide bonds. The minimum atomic E-state index is -0.497. The number of aromatic nitrogens is 2. The Balaban J connectivity index is 1.44. The second-order valence-electron chi connectivity index (χ2n) is 9.20. The molecule has 164 valence electrons. The maximum absolute atomic E-state index is 8.90. The van der Waals surface area contributed by atoms with E-state index in [9.17, 15) is 0 Å². The predicted molar refractivity (Wildman–Crippen MR) is 135 cm³/mol. The molecule has 0 atom stereocenters. The standard InChI is InChI=1S/C30H28N2O/c1-19-8-6-9-20(2)28(19)27-17-15-24-23-12-7-13-25(29(23)33-30(24)32-27)26-16-14-22(18-31-26)21-10-4-3-5-11-21/h6-9,12-18,21H,3-5,10-11H2,1-2H3/i21D. The second kappa shape index (κ2) is 8.15. The van der Waals surface area contributed by atoms with Crippen LogP contribution < -0.4 is 0 Å². The van der Waals surface area contributed by atoms with Crippen molar-refractivity contribution < 1.29 is 5.79 Å². The highest BCUT2D eigenvalue weighted by molar-refractivity contribution is 6.08. The van der Waals surface area contributed by atoms with Crippen molar-refractivity contribution in [2.24, 2.45) is 0 Å². The zero-order valence-corrected chi connectivity index (χ0v) is 19.2. The summed E-state index contributed by atoms with van der Waals surface area (Å²) in [6.45, 7) is 4.24. The van der Waals surface area contributed by atoms with Gasteiger partial charge in [0.2, 0.25) is 5.71 Å². The van der Waals surface area contributed by atoms with E-state index in [0.717, 1.165) is 70.1 Å². The van der Waals surface area contributed by atoms with Crippen LogP contribution in [0, 0.1) is 13.8 Å². The van der Waals surface area contributed by atoms with Crippen molar-refractivity contribution in [3.8, 4) is 22.5 Å². The van der Waals surface area contributed by atoms with Crippen LogP contribution in [0.2, 0.25) is 0 Å². The molecule has 1 saturated carbocycles. The Morgan fingerprint density at radius 2 is 1.58 bits per heavy atom. The maximum atomic E-state index is 8.90. The first-order valence-corrected chi connectivity index (χ1v) is 11.9. The Kier molecular flexibility index (Phi) is 4.70. The topological polar surface area (TPSA) is 38.9 Å². The summed E-state index contributed by atoms with van der Waals surface area (Å²) in [6.07, 6.45) is 7.22. The van der Waals surface area contributed by atoms with Crippen LogP contribution in [0.25, 0.3) is 44.6 Å². The average molecular weight is 434 g/mol. The van der Waals surface area contributed by atoms with Gasteiger partial charge >= 0.3 is 0 Å². The zero-order valence-electron chi connectivity index (χ0n) is 20.2. The number of nitrogens with zero attached hydrogens (tertiary/aromatic N) is 2. The van der Waals surface area contributed by atoms with Gasteiger partial charge in [-0.3, -0.25) is 4.98 Å². The summed E-state index contributed by atoms with van der Waals surface area (Å²) in [5.74, 6) is -0.497. The quantitative estimate of drug-likeness (QED) is 0.287. The van der Waals surface area contributed by atoms with E-state index < -0.39 is 5.89 Å². The first-order chi connectivity index (χ1) is 16.5. The normalized spacial score (nSPS) is 16.2. The van der Waals surface area contributed by atoms with Gasteiger partial charge in [0, 0.05) is 29.5 Å². The highest BCUT2D eigenvalue weighted by Crippen LogP contribution is 2.37. The van der Waals surface area contributed by atoms with Gasteiger partial charge in [-0.1, -0.05) is 55.7 Å². The molecular weight excluding hydrogens is 404 g/mol. The summed E-state index contributed by atoms with van der Waals surface area (Å²) >= 11 is 0. The summed E-state index contributed by atoms with van der Waals surface area (Å²) in [5, 5.41) is 2.05. The monoisotopic (exact) mass is 433 g/mol. The van der Waals surface area contributed by atoms with Crippen molar-refractivity contribution >= 4 is 22.1 Å². The summed E-state index contributed by atoms with van der Waals surface area (Å²) in [7, 11) is 0. The fraction of sp³-hybridized carbons (Fsp3) is 0.267. The van der Waals surface area contributed by atoms with Gasteiger partial charge in [0.1, 0.15) is 5.58 Å². The average Bonchev–Trinajstić information content (AvgIpc) is 3.23. The molecule has 3 aromatic heterocycles. The lowest BCUT2D eigenvalue weighted by atomic mass is 9.85. The van der Waals surface area contributed by atoms with Gasteiger partial charge < -0.3 is 4.42 Å². The van der Waals surface area contributed by atoms with Crippen molar-refractivity contribution in [1.29, 1.82) is 0 Å². The number of pyridine rings is 2. The van der Waals surface area contributed by atoms with Crippen molar-refractivity contribution in [2.45, 2.75) is 51.8 Å². The van der Waals surface area contributed by atoms with E-state index in [2.05, 4.69) is 68.4 Å². The third kappa shape index (κ3) is 3.52. The fourth-order valence-corrected chi connectivity index (χ4v) is 5.27. The molecule has 1 aliphatic carbocycles. The molecule has 0 saturated heterocycles. The predicted octanol–water partition coefficient (Wildman–Crippen LogP) is 8.37. The molecule has 3 nitrogen and oxygen atoms in total. The van der Waals surface area contributed by atoms with E-state index in [1.54, 1.807) is 0 Å². The number of para-hydroxylation sites is 1. The molecule has 6 rings (SSSR count). The molecule has 0 aliphatic heterocycles. The van der Waals surface area contributed by atoms with E-state index >= 15 is 0 Å². The summed E-state index contributed by atoms with van der Waals surface area (Å²) in [4.78, 5) is 9.69. The van der Waals surface area contributed by atoms with Gasteiger partial charge in [-0.15, -0.1) is 0 Å². The van der Waals surface area contributed by atoms with Crippen LogP contribution in [0.1, 0.15) is 56.1 Å². The third-order valence-electron chi connectivity index (χ3n) is 7.01. The number of hydrogen-bond acceptors (Lipinski definition) is 3. The number of furan rings is 1.